The second kappa shape index (κ2) is 9.00. The fraction of sp³-hybridized carbons (Fsp3) is 0.179. The number of carboxylic acids is 1. The molecule has 2 aromatic carbocycles. The van der Waals surface area contributed by atoms with Gasteiger partial charge in [0.2, 0.25) is 0 Å². The van der Waals surface area contributed by atoms with Crippen molar-refractivity contribution in [3.05, 3.63) is 113 Å². The first-order valence-corrected chi connectivity index (χ1v) is 11.9. The number of rotatable bonds is 5. The predicted octanol–water partition coefficient (Wildman–Crippen LogP) is 5.67. The fourth-order valence-corrected chi connectivity index (χ4v) is 5.31. The lowest BCUT2D eigenvalue weighted by Crippen LogP contribution is -2.29. The van der Waals surface area contributed by atoms with E-state index in [1.165, 1.54) is 5.56 Å². The van der Waals surface area contributed by atoms with Crippen molar-refractivity contribution in [1.29, 1.82) is 0 Å². The molecule has 2 atom stereocenters. The summed E-state index contributed by atoms with van der Waals surface area (Å²) in [6, 6.07) is 23.1. The summed E-state index contributed by atoms with van der Waals surface area (Å²) in [6.07, 6.45) is 1.79. The number of pyridine rings is 1. The van der Waals surface area contributed by atoms with E-state index in [-0.39, 0.29) is 17.6 Å². The van der Waals surface area contributed by atoms with E-state index in [1.54, 1.807) is 18.3 Å². The van der Waals surface area contributed by atoms with E-state index in [4.69, 9.17) is 12.2 Å². The number of carbonyl (C=O) groups is 1. The number of nitrogens with zero attached hydrogens (tertiary/aromatic N) is 3. The first-order valence-electron chi connectivity index (χ1n) is 11.5. The first kappa shape index (κ1) is 22.8. The van der Waals surface area contributed by atoms with Crippen LogP contribution in [-0.2, 0) is 0 Å². The summed E-state index contributed by atoms with van der Waals surface area (Å²) in [5, 5.41) is 13.9. The molecule has 3 heterocycles. The number of nitrogens with one attached hydrogen (secondary N) is 1. The zero-order chi connectivity index (χ0) is 24.7. The Labute approximate surface area is 209 Å². The molecule has 0 unspecified atom stereocenters. The van der Waals surface area contributed by atoms with Gasteiger partial charge in [0, 0.05) is 23.3 Å². The van der Waals surface area contributed by atoms with Crippen molar-refractivity contribution < 1.29 is 9.90 Å². The van der Waals surface area contributed by atoms with Gasteiger partial charge in [-0.3, -0.25) is 4.98 Å². The van der Waals surface area contributed by atoms with Crippen molar-refractivity contribution in [2.24, 2.45) is 0 Å². The maximum atomic E-state index is 12.0. The molecule has 0 aliphatic carbocycles. The van der Waals surface area contributed by atoms with Gasteiger partial charge in [0.25, 0.3) is 0 Å². The third-order valence-corrected chi connectivity index (χ3v) is 6.89. The van der Waals surface area contributed by atoms with Crippen molar-refractivity contribution >= 4 is 29.0 Å². The molecule has 35 heavy (non-hydrogen) atoms. The molecule has 0 amide bonds. The first-order chi connectivity index (χ1) is 16.9. The van der Waals surface area contributed by atoms with Crippen LogP contribution in [0.25, 0.3) is 5.69 Å². The second-order valence-corrected chi connectivity index (χ2v) is 9.20. The molecule has 0 spiro atoms. The molecular weight excluding hydrogens is 456 g/mol. The highest BCUT2D eigenvalue weighted by molar-refractivity contribution is 7.80. The van der Waals surface area contributed by atoms with Gasteiger partial charge in [-0.2, -0.15) is 0 Å². The third-order valence-electron chi connectivity index (χ3n) is 6.57. The van der Waals surface area contributed by atoms with Gasteiger partial charge in [0.1, 0.15) is 0 Å². The van der Waals surface area contributed by atoms with Gasteiger partial charge >= 0.3 is 5.97 Å². The number of carboxylic acid groups (broad SMARTS) is 1. The summed E-state index contributed by atoms with van der Waals surface area (Å²) < 4.78 is 2.02. The molecule has 1 aliphatic rings. The van der Waals surface area contributed by atoms with Gasteiger partial charge in [-0.15, -0.1) is 0 Å². The maximum absolute atomic E-state index is 12.0. The van der Waals surface area contributed by atoms with Crippen LogP contribution in [0.1, 0.15) is 50.7 Å². The van der Waals surface area contributed by atoms with Crippen molar-refractivity contribution in [3.8, 4) is 5.69 Å². The summed E-state index contributed by atoms with van der Waals surface area (Å²) in [6.45, 7) is 6.10. The van der Waals surface area contributed by atoms with E-state index in [0.29, 0.717) is 10.8 Å². The Hall–Kier alpha value is -3.97. The smallest absolute Gasteiger partial charge is 0.337 e. The van der Waals surface area contributed by atoms with Crippen LogP contribution in [-0.4, -0.2) is 25.7 Å². The summed E-state index contributed by atoms with van der Waals surface area (Å²) >= 11 is 5.84. The minimum absolute atomic E-state index is 0.169. The Morgan fingerprint density at radius 2 is 1.71 bits per heavy atom. The number of aryl methyl sites for hydroxylation is 2. The van der Waals surface area contributed by atoms with Crippen LogP contribution in [0.2, 0.25) is 0 Å². The van der Waals surface area contributed by atoms with E-state index in [9.17, 15) is 9.90 Å². The molecule has 1 aliphatic heterocycles. The topological polar surface area (TPSA) is 70.4 Å². The Bertz CT molecular complexity index is 1410. The van der Waals surface area contributed by atoms with E-state index < -0.39 is 5.97 Å². The number of benzene rings is 2. The fourth-order valence-electron chi connectivity index (χ4n) is 4.96. The molecule has 0 saturated carbocycles. The number of hydrogen-bond donors (Lipinski definition) is 2. The molecule has 1 saturated heterocycles. The molecule has 0 radical (unpaired) electrons. The molecule has 1 fully saturated rings. The SMILES string of the molecule is Cc1ccc(N2C(=S)N[C@H](c3ccccn3)[C@H]2c2cc(C)n(-c3ccccc3C(=O)O)c2C)cc1. The van der Waals surface area contributed by atoms with Crippen molar-refractivity contribution in [1.82, 2.24) is 14.9 Å². The number of hydrogen-bond acceptors (Lipinski definition) is 3. The Kier molecular flexibility index (Phi) is 5.86. The van der Waals surface area contributed by atoms with E-state index in [0.717, 1.165) is 28.3 Å². The molecular formula is C28H26N4O2S. The van der Waals surface area contributed by atoms with E-state index in [2.05, 4.69) is 52.5 Å². The van der Waals surface area contributed by atoms with Gasteiger partial charge in [-0.1, -0.05) is 35.9 Å². The number of aromatic nitrogens is 2. The molecule has 4 aromatic rings. The summed E-state index contributed by atoms with van der Waals surface area (Å²) in [5.41, 5.74) is 6.94. The number of para-hydroxylation sites is 1. The van der Waals surface area contributed by atoms with Gasteiger partial charge < -0.3 is 19.9 Å². The van der Waals surface area contributed by atoms with Crippen molar-refractivity contribution in [2.75, 3.05) is 4.90 Å². The minimum Gasteiger partial charge on any atom is -0.478 e. The zero-order valence-electron chi connectivity index (χ0n) is 19.8. The Balaban J connectivity index is 1.70. The molecule has 5 rings (SSSR count). The average Bonchev–Trinajstić information content (AvgIpc) is 3.35. The normalized spacial score (nSPS) is 17.5. The zero-order valence-corrected chi connectivity index (χ0v) is 20.6. The van der Waals surface area contributed by atoms with Gasteiger partial charge in [-0.05, 0) is 81.0 Å². The highest BCUT2D eigenvalue weighted by atomic mass is 32.1. The minimum atomic E-state index is -0.953. The summed E-state index contributed by atoms with van der Waals surface area (Å²) in [5.74, 6) is -0.953. The number of anilines is 1. The van der Waals surface area contributed by atoms with Gasteiger partial charge in [-0.25, -0.2) is 4.79 Å². The lowest BCUT2D eigenvalue weighted by Gasteiger charge is -2.28. The molecule has 2 N–H and O–H groups in total. The highest BCUT2D eigenvalue weighted by Gasteiger charge is 2.42. The molecule has 176 valence electrons. The monoisotopic (exact) mass is 482 g/mol. The quantitative estimate of drug-likeness (QED) is 0.357. The molecule has 6 nitrogen and oxygen atoms in total. The Morgan fingerprint density at radius 1 is 1.00 bits per heavy atom. The van der Waals surface area contributed by atoms with E-state index >= 15 is 0 Å². The Morgan fingerprint density at radius 3 is 2.40 bits per heavy atom. The average molecular weight is 483 g/mol. The molecule has 0 bridgehead atoms. The van der Waals surface area contributed by atoms with Crippen LogP contribution in [0.4, 0.5) is 5.69 Å². The maximum Gasteiger partial charge on any atom is 0.337 e. The summed E-state index contributed by atoms with van der Waals surface area (Å²) in [4.78, 5) is 18.7. The van der Waals surface area contributed by atoms with Crippen molar-refractivity contribution in [2.45, 2.75) is 32.9 Å². The third kappa shape index (κ3) is 3.98. The van der Waals surface area contributed by atoms with Gasteiger partial charge in [0.15, 0.2) is 5.11 Å². The largest absolute Gasteiger partial charge is 0.478 e. The van der Waals surface area contributed by atoms with Crippen LogP contribution in [0, 0.1) is 20.8 Å². The van der Waals surface area contributed by atoms with Crippen LogP contribution in [0.5, 0.6) is 0 Å². The second-order valence-electron chi connectivity index (χ2n) is 8.82. The highest BCUT2D eigenvalue weighted by Crippen LogP contribution is 2.43. The van der Waals surface area contributed by atoms with Crippen LogP contribution < -0.4 is 10.2 Å². The van der Waals surface area contributed by atoms with E-state index in [1.807, 2.05) is 48.7 Å². The number of thiocarbonyl (C=S) groups is 1. The lowest BCUT2D eigenvalue weighted by molar-refractivity contribution is 0.0697. The molecule has 7 heteroatoms. The molecule has 2 aromatic heterocycles. The van der Waals surface area contributed by atoms with Gasteiger partial charge in [0.05, 0.1) is 29.0 Å². The standard InChI is InChI=1S/C28H26N4O2S/c1-17-11-13-20(14-12-17)32-26(25(30-28(32)35)23-9-6-7-15-29-23)22-16-18(2)31(19(22)3)24-10-5-4-8-21(24)27(33)34/h4-16,25-26H,1-3H3,(H,30,35)(H,33,34)/t25-,26-/m1/s1. The summed E-state index contributed by atoms with van der Waals surface area (Å²) in [7, 11) is 0. The van der Waals surface area contributed by atoms with Crippen LogP contribution in [0.15, 0.2) is 79.0 Å². The van der Waals surface area contributed by atoms with Crippen LogP contribution in [0.3, 0.4) is 0 Å². The number of aromatic carboxylic acids is 1. The van der Waals surface area contributed by atoms with Crippen molar-refractivity contribution in [3.63, 3.8) is 0 Å². The predicted molar refractivity (Wildman–Crippen MR) is 141 cm³/mol. The van der Waals surface area contributed by atoms with Crippen LogP contribution >= 0.6 is 12.2 Å². The lowest BCUT2D eigenvalue weighted by atomic mass is 9.96.